The van der Waals surface area contributed by atoms with Crippen LogP contribution >= 0.6 is 0 Å². The molecule has 1 atom stereocenters. The van der Waals surface area contributed by atoms with Crippen LogP contribution in [0.4, 0.5) is 0 Å². The molecule has 0 aliphatic carbocycles. The average Bonchev–Trinajstić information content (AvgIpc) is 3.05. The summed E-state index contributed by atoms with van der Waals surface area (Å²) in [7, 11) is -1.64. The fourth-order valence-electron chi connectivity index (χ4n) is 3.95. The van der Waals surface area contributed by atoms with Crippen molar-refractivity contribution in [2.24, 2.45) is 0 Å². The van der Waals surface area contributed by atoms with E-state index in [0.29, 0.717) is 4.90 Å². The lowest BCUT2D eigenvalue weighted by molar-refractivity contribution is 0.217. The van der Waals surface area contributed by atoms with Gasteiger partial charge in [-0.25, -0.2) is 8.42 Å². The van der Waals surface area contributed by atoms with Crippen LogP contribution in [-0.4, -0.2) is 37.8 Å². The first-order valence-electron chi connectivity index (χ1n) is 7.89. The number of benzene rings is 2. The molecule has 2 aliphatic heterocycles. The molecule has 4 rings (SSSR count). The summed E-state index contributed by atoms with van der Waals surface area (Å²) in [4.78, 5) is 2.83. The van der Waals surface area contributed by atoms with Crippen molar-refractivity contribution in [1.82, 2.24) is 9.21 Å². The summed E-state index contributed by atoms with van der Waals surface area (Å²) in [5, 5.41) is 0. The lowest BCUT2D eigenvalue weighted by Gasteiger charge is -2.31. The van der Waals surface area contributed by atoms with Gasteiger partial charge in [0.05, 0.1) is 10.4 Å². The van der Waals surface area contributed by atoms with Gasteiger partial charge in [0.2, 0.25) is 10.0 Å². The Balaban J connectivity index is 1.68. The summed E-state index contributed by atoms with van der Waals surface area (Å²) in [6.45, 7) is 2.51. The second-order valence-corrected chi connectivity index (χ2v) is 8.38. The van der Waals surface area contributed by atoms with Crippen molar-refractivity contribution in [3.8, 4) is 0 Å². The molecule has 1 unspecified atom stereocenters. The van der Waals surface area contributed by atoms with Crippen molar-refractivity contribution < 1.29 is 8.42 Å². The molecule has 0 bridgehead atoms. The molecule has 0 amide bonds. The SMILES string of the molecule is CN1C2(CCN(Cc3ccccc3)C2)c2ccccc2S1(=O)=O. The lowest BCUT2D eigenvalue weighted by Crippen LogP contribution is -2.43. The standard InChI is InChI=1S/C18H20N2O2S/c1-19-18(16-9-5-6-10-17(16)23(19,21)22)11-12-20(14-18)13-15-7-3-2-4-8-15/h2-10H,11-14H2,1H3. The second kappa shape index (κ2) is 5.16. The Morgan fingerprint density at radius 2 is 1.74 bits per heavy atom. The van der Waals surface area contributed by atoms with E-state index in [9.17, 15) is 8.42 Å². The van der Waals surface area contributed by atoms with Gasteiger partial charge in [0.25, 0.3) is 0 Å². The molecule has 2 aromatic rings. The minimum absolute atomic E-state index is 0.412. The molecule has 0 aromatic heterocycles. The van der Waals surface area contributed by atoms with Gasteiger partial charge in [-0.2, -0.15) is 4.31 Å². The number of hydrogen-bond acceptors (Lipinski definition) is 3. The maximum atomic E-state index is 12.7. The smallest absolute Gasteiger partial charge is 0.244 e. The van der Waals surface area contributed by atoms with E-state index in [1.165, 1.54) is 5.56 Å². The highest BCUT2D eigenvalue weighted by Crippen LogP contribution is 2.48. The molecular weight excluding hydrogens is 308 g/mol. The zero-order valence-corrected chi connectivity index (χ0v) is 14.0. The summed E-state index contributed by atoms with van der Waals surface area (Å²) in [6.07, 6.45) is 0.840. The molecule has 1 fully saturated rings. The van der Waals surface area contributed by atoms with Crippen LogP contribution in [0.1, 0.15) is 17.5 Å². The maximum absolute atomic E-state index is 12.7. The van der Waals surface area contributed by atoms with Gasteiger partial charge in [-0.3, -0.25) is 4.90 Å². The van der Waals surface area contributed by atoms with Crippen molar-refractivity contribution in [2.45, 2.75) is 23.4 Å². The van der Waals surface area contributed by atoms with Gasteiger partial charge in [-0.15, -0.1) is 0 Å². The van der Waals surface area contributed by atoms with Gasteiger partial charge < -0.3 is 0 Å². The quantitative estimate of drug-likeness (QED) is 0.850. The zero-order valence-electron chi connectivity index (χ0n) is 13.1. The second-order valence-electron chi connectivity index (χ2n) is 6.45. The van der Waals surface area contributed by atoms with Crippen LogP contribution in [0.25, 0.3) is 0 Å². The average molecular weight is 328 g/mol. The van der Waals surface area contributed by atoms with Crippen molar-refractivity contribution in [3.63, 3.8) is 0 Å². The normalized spacial score (nSPS) is 26.7. The summed E-state index contributed by atoms with van der Waals surface area (Å²) >= 11 is 0. The largest absolute Gasteiger partial charge is 0.297 e. The Labute approximate surface area is 137 Å². The summed E-state index contributed by atoms with van der Waals surface area (Å²) < 4.78 is 27.0. The van der Waals surface area contributed by atoms with Crippen molar-refractivity contribution in [3.05, 3.63) is 65.7 Å². The number of likely N-dealkylation sites (tertiary alicyclic amines) is 1. The fourth-order valence-corrected chi connectivity index (χ4v) is 5.74. The minimum Gasteiger partial charge on any atom is -0.297 e. The highest BCUT2D eigenvalue weighted by atomic mass is 32.2. The number of sulfonamides is 1. The molecule has 2 heterocycles. The Hall–Kier alpha value is -1.69. The predicted octanol–water partition coefficient (Wildman–Crippen LogP) is 2.42. The minimum atomic E-state index is -3.37. The monoisotopic (exact) mass is 328 g/mol. The Bertz CT molecular complexity index is 835. The first-order chi connectivity index (χ1) is 11.0. The predicted molar refractivity (Wildman–Crippen MR) is 89.4 cm³/mol. The van der Waals surface area contributed by atoms with E-state index >= 15 is 0 Å². The van der Waals surface area contributed by atoms with Gasteiger partial charge in [0.1, 0.15) is 0 Å². The molecule has 0 saturated carbocycles. The highest BCUT2D eigenvalue weighted by Gasteiger charge is 2.54. The van der Waals surface area contributed by atoms with E-state index in [1.807, 2.05) is 30.3 Å². The van der Waals surface area contributed by atoms with Gasteiger partial charge in [0.15, 0.2) is 0 Å². The summed E-state index contributed by atoms with van der Waals surface area (Å²) in [5.41, 5.74) is 1.81. The highest BCUT2D eigenvalue weighted by molar-refractivity contribution is 7.89. The molecule has 5 heteroatoms. The Morgan fingerprint density at radius 1 is 1.04 bits per heavy atom. The fraction of sp³-hybridized carbons (Fsp3) is 0.333. The molecule has 23 heavy (non-hydrogen) atoms. The number of fused-ring (bicyclic) bond motifs is 2. The van der Waals surface area contributed by atoms with Gasteiger partial charge in [-0.05, 0) is 23.6 Å². The Kier molecular flexibility index (Phi) is 3.34. The first kappa shape index (κ1) is 14.9. The van der Waals surface area contributed by atoms with Crippen LogP contribution in [0, 0.1) is 0 Å². The molecule has 1 spiro atoms. The van der Waals surface area contributed by atoms with Gasteiger partial charge in [-0.1, -0.05) is 48.5 Å². The van der Waals surface area contributed by atoms with Crippen LogP contribution in [0.3, 0.4) is 0 Å². The van der Waals surface area contributed by atoms with Gasteiger partial charge in [0, 0.05) is 26.7 Å². The molecule has 1 saturated heterocycles. The lowest BCUT2D eigenvalue weighted by atomic mass is 9.89. The van der Waals surface area contributed by atoms with Crippen LogP contribution in [0.5, 0.6) is 0 Å². The van der Waals surface area contributed by atoms with Crippen molar-refractivity contribution >= 4 is 10.0 Å². The molecule has 2 aromatic carbocycles. The van der Waals surface area contributed by atoms with Crippen LogP contribution in [-0.2, 0) is 22.1 Å². The number of likely N-dealkylation sites (N-methyl/N-ethyl adjacent to an activating group) is 1. The van der Waals surface area contributed by atoms with E-state index in [4.69, 9.17) is 0 Å². The number of rotatable bonds is 2. The summed E-state index contributed by atoms with van der Waals surface area (Å²) in [5.74, 6) is 0. The molecule has 0 radical (unpaired) electrons. The number of hydrogen-bond donors (Lipinski definition) is 0. The molecule has 2 aliphatic rings. The van der Waals surface area contributed by atoms with E-state index in [1.54, 1.807) is 23.5 Å². The van der Waals surface area contributed by atoms with Crippen LogP contribution < -0.4 is 0 Å². The van der Waals surface area contributed by atoms with Crippen LogP contribution in [0.15, 0.2) is 59.5 Å². The number of nitrogens with zero attached hydrogens (tertiary/aromatic N) is 2. The topological polar surface area (TPSA) is 40.6 Å². The summed E-state index contributed by atoms with van der Waals surface area (Å²) in [6, 6.07) is 17.8. The third-order valence-electron chi connectivity index (χ3n) is 5.21. The molecular formula is C18H20N2O2S. The third kappa shape index (κ3) is 2.15. The van der Waals surface area contributed by atoms with E-state index in [0.717, 1.165) is 31.6 Å². The molecule has 120 valence electrons. The first-order valence-corrected chi connectivity index (χ1v) is 9.33. The third-order valence-corrected chi connectivity index (χ3v) is 7.19. The van der Waals surface area contributed by atoms with Crippen LogP contribution in [0.2, 0.25) is 0 Å². The van der Waals surface area contributed by atoms with E-state index in [2.05, 4.69) is 17.0 Å². The zero-order chi connectivity index (χ0) is 16.1. The molecule has 0 N–H and O–H groups in total. The Morgan fingerprint density at radius 3 is 2.52 bits per heavy atom. The van der Waals surface area contributed by atoms with Crippen molar-refractivity contribution in [1.29, 1.82) is 0 Å². The molecule has 4 nitrogen and oxygen atoms in total. The van der Waals surface area contributed by atoms with Crippen molar-refractivity contribution in [2.75, 3.05) is 20.1 Å². The van der Waals surface area contributed by atoms with E-state index in [-0.39, 0.29) is 0 Å². The maximum Gasteiger partial charge on any atom is 0.244 e. The van der Waals surface area contributed by atoms with Gasteiger partial charge >= 0.3 is 0 Å². The van der Waals surface area contributed by atoms with E-state index < -0.39 is 15.6 Å².